The highest BCUT2D eigenvalue weighted by atomic mass is 16.7. The molecule has 2 aliphatic rings. The lowest BCUT2D eigenvalue weighted by Gasteiger charge is -2.33. The molecule has 1 aliphatic carbocycles. The molecule has 0 bridgehead atoms. The standard InChI is InChI=1S/C21H32O2/c1-15(12-18-13-16(2)14-20(22-6)23-18)9-10-19-17(3)8-7-11-21(19,4)5/h9-10,12,14,18,20H,7-8,11,13H2,1-6H3. The maximum absolute atomic E-state index is 5.91. The van der Waals surface area contributed by atoms with Crippen LogP contribution in [-0.4, -0.2) is 19.5 Å². The van der Waals surface area contributed by atoms with Crippen molar-refractivity contribution in [2.75, 3.05) is 7.11 Å². The Kier molecular flexibility index (Phi) is 6.05. The highest BCUT2D eigenvalue weighted by Crippen LogP contribution is 2.40. The second-order valence-corrected chi connectivity index (χ2v) is 7.67. The van der Waals surface area contributed by atoms with Gasteiger partial charge in [0.05, 0.1) is 6.10 Å². The molecule has 0 fully saturated rings. The van der Waals surface area contributed by atoms with Crippen LogP contribution in [0.4, 0.5) is 0 Å². The Balaban J connectivity index is 2.09. The van der Waals surface area contributed by atoms with Gasteiger partial charge in [-0.1, -0.05) is 48.8 Å². The van der Waals surface area contributed by atoms with Crippen molar-refractivity contribution in [3.05, 3.63) is 46.6 Å². The fourth-order valence-electron chi connectivity index (χ4n) is 3.67. The zero-order valence-electron chi connectivity index (χ0n) is 15.6. The Morgan fingerprint density at radius 1 is 1.35 bits per heavy atom. The van der Waals surface area contributed by atoms with Crippen LogP contribution in [0.1, 0.15) is 60.3 Å². The van der Waals surface area contributed by atoms with E-state index in [2.05, 4.69) is 52.8 Å². The van der Waals surface area contributed by atoms with E-state index in [4.69, 9.17) is 9.47 Å². The van der Waals surface area contributed by atoms with E-state index >= 15 is 0 Å². The zero-order valence-corrected chi connectivity index (χ0v) is 15.6. The van der Waals surface area contributed by atoms with Gasteiger partial charge in [0.1, 0.15) is 0 Å². The quantitative estimate of drug-likeness (QED) is 0.487. The molecule has 2 rings (SSSR count). The summed E-state index contributed by atoms with van der Waals surface area (Å²) in [6, 6.07) is 0. The summed E-state index contributed by atoms with van der Waals surface area (Å²) >= 11 is 0. The third-order valence-electron chi connectivity index (χ3n) is 4.99. The average molecular weight is 316 g/mol. The van der Waals surface area contributed by atoms with Crippen molar-refractivity contribution in [2.24, 2.45) is 5.41 Å². The first-order valence-electron chi connectivity index (χ1n) is 8.74. The van der Waals surface area contributed by atoms with Crippen LogP contribution in [0, 0.1) is 5.41 Å². The monoisotopic (exact) mass is 316 g/mol. The van der Waals surface area contributed by atoms with Gasteiger partial charge in [-0.05, 0) is 63.5 Å². The second-order valence-electron chi connectivity index (χ2n) is 7.67. The van der Waals surface area contributed by atoms with Gasteiger partial charge in [-0.25, -0.2) is 0 Å². The summed E-state index contributed by atoms with van der Waals surface area (Å²) in [6.07, 6.45) is 13.5. The predicted molar refractivity (Wildman–Crippen MR) is 97.3 cm³/mol. The molecule has 0 aromatic rings. The van der Waals surface area contributed by atoms with E-state index in [0.717, 1.165) is 6.42 Å². The Hall–Kier alpha value is -1.12. The summed E-state index contributed by atoms with van der Waals surface area (Å²) in [4.78, 5) is 0. The number of methoxy groups -OCH3 is 1. The largest absolute Gasteiger partial charge is 0.352 e. The molecule has 0 amide bonds. The lowest BCUT2D eigenvalue weighted by Crippen LogP contribution is -2.25. The topological polar surface area (TPSA) is 18.5 Å². The molecular weight excluding hydrogens is 284 g/mol. The first kappa shape index (κ1) is 18.2. The molecule has 1 heterocycles. The van der Waals surface area contributed by atoms with Crippen molar-refractivity contribution >= 4 is 0 Å². The molecule has 0 aromatic heterocycles. The van der Waals surface area contributed by atoms with Crippen LogP contribution >= 0.6 is 0 Å². The summed E-state index contributed by atoms with van der Waals surface area (Å²) in [6.45, 7) is 11.3. The van der Waals surface area contributed by atoms with E-state index in [1.165, 1.54) is 41.6 Å². The van der Waals surface area contributed by atoms with E-state index < -0.39 is 0 Å². The van der Waals surface area contributed by atoms with E-state index in [-0.39, 0.29) is 12.4 Å². The molecule has 0 aromatic carbocycles. The first-order chi connectivity index (χ1) is 10.8. The van der Waals surface area contributed by atoms with Gasteiger partial charge in [-0.15, -0.1) is 0 Å². The molecule has 128 valence electrons. The third kappa shape index (κ3) is 4.92. The highest BCUT2D eigenvalue weighted by molar-refractivity contribution is 5.36. The SMILES string of the molecule is COC1C=C(C)CC(C=C(C)C=CC2=C(C)CCCC2(C)C)O1. The molecule has 23 heavy (non-hydrogen) atoms. The van der Waals surface area contributed by atoms with Crippen molar-refractivity contribution < 1.29 is 9.47 Å². The fraction of sp³-hybridized carbons (Fsp3) is 0.619. The number of rotatable bonds is 4. The number of allylic oxidation sites excluding steroid dienone is 5. The van der Waals surface area contributed by atoms with E-state index in [1.54, 1.807) is 7.11 Å². The van der Waals surface area contributed by atoms with Gasteiger partial charge in [0.2, 0.25) is 0 Å². The molecule has 2 atom stereocenters. The van der Waals surface area contributed by atoms with Crippen LogP contribution in [0.25, 0.3) is 0 Å². The summed E-state index contributed by atoms with van der Waals surface area (Å²) in [5, 5.41) is 0. The van der Waals surface area contributed by atoms with Gasteiger partial charge in [0.15, 0.2) is 6.29 Å². The summed E-state index contributed by atoms with van der Waals surface area (Å²) < 4.78 is 11.2. The van der Waals surface area contributed by atoms with Crippen LogP contribution in [0.15, 0.2) is 46.6 Å². The molecule has 2 heteroatoms. The van der Waals surface area contributed by atoms with Gasteiger partial charge < -0.3 is 9.47 Å². The number of ether oxygens (including phenoxy) is 2. The number of hydrogen-bond donors (Lipinski definition) is 0. The third-order valence-corrected chi connectivity index (χ3v) is 4.99. The van der Waals surface area contributed by atoms with Crippen LogP contribution in [0.3, 0.4) is 0 Å². The Bertz CT molecular complexity index is 546. The number of hydrogen-bond acceptors (Lipinski definition) is 2. The Morgan fingerprint density at radius 3 is 2.74 bits per heavy atom. The lowest BCUT2D eigenvalue weighted by molar-refractivity contribution is -0.119. The molecule has 0 N–H and O–H groups in total. The fourth-order valence-corrected chi connectivity index (χ4v) is 3.67. The van der Waals surface area contributed by atoms with Gasteiger partial charge in [-0.3, -0.25) is 0 Å². The molecule has 0 spiro atoms. The van der Waals surface area contributed by atoms with Crippen molar-refractivity contribution in [2.45, 2.75) is 72.7 Å². The van der Waals surface area contributed by atoms with Crippen molar-refractivity contribution in [3.63, 3.8) is 0 Å². The maximum Gasteiger partial charge on any atom is 0.177 e. The van der Waals surface area contributed by atoms with Crippen LogP contribution in [0.5, 0.6) is 0 Å². The second kappa shape index (κ2) is 7.63. The first-order valence-corrected chi connectivity index (χ1v) is 8.74. The average Bonchev–Trinajstić information content (AvgIpc) is 2.45. The summed E-state index contributed by atoms with van der Waals surface area (Å²) in [7, 11) is 1.69. The maximum atomic E-state index is 5.91. The minimum atomic E-state index is -0.219. The lowest BCUT2D eigenvalue weighted by atomic mass is 9.72. The smallest absolute Gasteiger partial charge is 0.177 e. The van der Waals surface area contributed by atoms with Crippen LogP contribution in [0.2, 0.25) is 0 Å². The minimum Gasteiger partial charge on any atom is -0.352 e. The molecule has 1 aliphatic heterocycles. The molecule has 2 unspecified atom stereocenters. The summed E-state index contributed by atoms with van der Waals surface area (Å²) in [5.41, 5.74) is 5.92. The van der Waals surface area contributed by atoms with Crippen molar-refractivity contribution in [1.82, 2.24) is 0 Å². The van der Waals surface area contributed by atoms with Gasteiger partial charge in [-0.2, -0.15) is 0 Å². The van der Waals surface area contributed by atoms with Crippen molar-refractivity contribution in [1.29, 1.82) is 0 Å². The highest BCUT2D eigenvalue weighted by Gasteiger charge is 2.26. The van der Waals surface area contributed by atoms with Crippen LogP contribution in [-0.2, 0) is 9.47 Å². The molecule has 0 saturated heterocycles. The van der Waals surface area contributed by atoms with Crippen LogP contribution < -0.4 is 0 Å². The minimum absolute atomic E-state index is 0.101. The Labute approximate surface area is 141 Å². The van der Waals surface area contributed by atoms with Gasteiger partial charge in [0, 0.05) is 7.11 Å². The molecule has 0 saturated carbocycles. The van der Waals surface area contributed by atoms with E-state index in [0.29, 0.717) is 5.41 Å². The Morgan fingerprint density at radius 2 is 2.09 bits per heavy atom. The normalized spacial score (nSPS) is 29.1. The van der Waals surface area contributed by atoms with Crippen molar-refractivity contribution in [3.8, 4) is 0 Å². The summed E-state index contributed by atoms with van der Waals surface area (Å²) in [5.74, 6) is 0. The zero-order chi connectivity index (χ0) is 17.0. The molecular formula is C21H32O2. The van der Waals surface area contributed by atoms with E-state index in [1.807, 2.05) is 6.08 Å². The molecule has 0 radical (unpaired) electrons. The van der Waals surface area contributed by atoms with Gasteiger partial charge >= 0.3 is 0 Å². The molecule has 2 nitrogen and oxygen atoms in total. The predicted octanol–water partition coefficient (Wildman–Crippen LogP) is 5.72. The van der Waals surface area contributed by atoms with E-state index in [9.17, 15) is 0 Å². The van der Waals surface area contributed by atoms with Gasteiger partial charge in [0.25, 0.3) is 0 Å².